The van der Waals surface area contributed by atoms with E-state index in [1.54, 1.807) is 24.1 Å². The number of hydrogen-bond acceptors (Lipinski definition) is 7. The Hall–Kier alpha value is -4.28. The van der Waals surface area contributed by atoms with Gasteiger partial charge in [0.15, 0.2) is 5.65 Å². The van der Waals surface area contributed by atoms with E-state index in [1.165, 1.54) is 10.4 Å². The summed E-state index contributed by atoms with van der Waals surface area (Å²) in [5.74, 6) is 0.812. The number of hydrogen-bond donors (Lipinski definition) is 2. The first kappa shape index (κ1) is 28.8. The molecule has 0 bridgehead atoms. The van der Waals surface area contributed by atoms with E-state index in [9.17, 15) is 4.79 Å². The second-order valence-electron chi connectivity index (χ2n) is 12.1. The van der Waals surface area contributed by atoms with Crippen molar-refractivity contribution in [3.8, 4) is 5.88 Å². The number of fused-ring (bicyclic) bond motifs is 1. The summed E-state index contributed by atoms with van der Waals surface area (Å²) in [6.45, 7) is 6.92. The molecule has 0 saturated heterocycles. The van der Waals surface area contributed by atoms with Gasteiger partial charge in [-0.15, -0.1) is 0 Å². The highest BCUT2D eigenvalue weighted by Crippen LogP contribution is 2.40. The van der Waals surface area contributed by atoms with Gasteiger partial charge in [0.25, 0.3) is 8.32 Å². The Balaban J connectivity index is 1.26. The number of anilines is 2. The minimum absolute atomic E-state index is 0.0101. The molecule has 0 atom stereocenters. The normalized spacial score (nSPS) is 17.6. The average Bonchev–Trinajstić information content (AvgIpc) is 3.35. The van der Waals surface area contributed by atoms with Crippen molar-refractivity contribution >= 4 is 41.5 Å². The van der Waals surface area contributed by atoms with Crippen LogP contribution in [0.5, 0.6) is 5.88 Å². The Bertz CT molecular complexity index is 1700. The van der Waals surface area contributed by atoms with Crippen LogP contribution in [0.2, 0.25) is 5.04 Å². The first-order chi connectivity index (χ1) is 20.8. The van der Waals surface area contributed by atoms with Gasteiger partial charge in [0.1, 0.15) is 11.2 Å². The Morgan fingerprint density at radius 1 is 0.907 bits per heavy atom. The Kier molecular flexibility index (Phi) is 7.89. The molecule has 3 aromatic heterocycles. The molecule has 0 aliphatic heterocycles. The van der Waals surface area contributed by atoms with Crippen molar-refractivity contribution < 1.29 is 9.16 Å². The molecule has 0 spiro atoms. The summed E-state index contributed by atoms with van der Waals surface area (Å²) in [5, 5.41) is 5.66. The van der Waals surface area contributed by atoms with E-state index in [0.717, 1.165) is 25.7 Å². The highest BCUT2D eigenvalue weighted by atomic mass is 28.4. The Labute approximate surface area is 252 Å². The molecular formula is C33H38N6O3Si. The van der Waals surface area contributed by atoms with E-state index in [0.29, 0.717) is 28.7 Å². The smallest absolute Gasteiger partial charge is 0.327 e. The molecule has 3 heterocycles. The summed E-state index contributed by atoms with van der Waals surface area (Å²) < 4.78 is 14.5. The van der Waals surface area contributed by atoms with E-state index in [4.69, 9.17) is 14.1 Å². The van der Waals surface area contributed by atoms with Crippen LogP contribution in [0.25, 0.3) is 11.2 Å². The van der Waals surface area contributed by atoms with E-state index < -0.39 is 8.32 Å². The summed E-state index contributed by atoms with van der Waals surface area (Å²) in [7, 11) is -1.09. The Morgan fingerprint density at radius 3 is 2.16 bits per heavy atom. The molecule has 2 aromatic carbocycles. The van der Waals surface area contributed by atoms with E-state index >= 15 is 0 Å². The van der Waals surface area contributed by atoms with E-state index in [1.807, 2.05) is 12.1 Å². The van der Waals surface area contributed by atoms with Crippen LogP contribution < -0.4 is 26.1 Å². The first-order valence-corrected chi connectivity index (χ1v) is 16.7. The van der Waals surface area contributed by atoms with Crippen molar-refractivity contribution in [3.63, 3.8) is 0 Å². The minimum atomic E-state index is -2.65. The summed E-state index contributed by atoms with van der Waals surface area (Å²) in [6, 6.07) is 25.2. The van der Waals surface area contributed by atoms with Crippen molar-refractivity contribution in [3.05, 3.63) is 95.7 Å². The predicted molar refractivity (Wildman–Crippen MR) is 172 cm³/mol. The number of methoxy groups -OCH3 is 1. The number of nitrogens with one attached hydrogen (secondary N) is 2. The maximum atomic E-state index is 13.2. The van der Waals surface area contributed by atoms with Crippen LogP contribution in [0.1, 0.15) is 52.5 Å². The standard InChI is InChI=1S/C33H38N6O3Si/c1-33(2,3)43(25-12-7-5-8-13-25,26-14-9-6-10-15-26)42-24-19-17-23(18-20-24)39-29-28(37-32(39)40)22-35-31(38-29)36-27-16-11-21-34-30(27)41-4/h5-16,21-24H,17-20H2,1-4H3,(H,37,40)(H,35,36,38). The van der Waals surface area contributed by atoms with Crippen LogP contribution in [0.15, 0.2) is 90.0 Å². The summed E-state index contributed by atoms with van der Waals surface area (Å²) >= 11 is 0. The van der Waals surface area contributed by atoms with E-state index in [2.05, 4.69) is 102 Å². The molecule has 2 N–H and O–H groups in total. The van der Waals surface area contributed by atoms with Crippen molar-refractivity contribution in [2.45, 2.75) is 63.6 Å². The van der Waals surface area contributed by atoms with Gasteiger partial charge in [-0.05, 0) is 53.2 Å². The molecule has 1 aliphatic rings. The number of H-pyrrole nitrogens is 1. The highest BCUT2D eigenvalue weighted by Gasteiger charge is 2.51. The third-order valence-corrected chi connectivity index (χ3v) is 13.5. The quantitative estimate of drug-likeness (QED) is 0.234. The molecule has 6 rings (SSSR count). The zero-order chi connectivity index (χ0) is 30.0. The molecule has 9 nitrogen and oxygen atoms in total. The summed E-state index contributed by atoms with van der Waals surface area (Å²) in [4.78, 5) is 29.5. The predicted octanol–water partition coefficient (Wildman–Crippen LogP) is 5.33. The number of pyridine rings is 1. The molecule has 0 radical (unpaired) electrons. The summed E-state index contributed by atoms with van der Waals surface area (Å²) in [5.41, 5.74) is 1.67. The molecule has 43 heavy (non-hydrogen) atoms. The number of benzene rings is 2. The first-order valence-electron chi connectivity index (χ1n) is 14.8. The zero-order valence-electron chi connectivity index (χ0n) is 25.1. The lowest BCUT2D eigenvalue weighted by molar-refractivity contribution is 0.123. The Morgan fingerprint density at radius 2 is 1.56 bits per heavy atom. The van der Waals surface area contributed by atoms with Crippen molar-refractivity contribution in [2.75, 3.05) is 12.4 Å². The fraction of sp³-hybridized carbons (Fsp3) is 0.333. The van der Waals surface area contributed by atoms with Gasteiger partial charge in [-0.1, -0.05) is 81.4 Å². The second-order valence-corrected chi connectivity index (χ2v) is 16.4. The number of imidazole rings is 1. The minimum Gasteiger partial charge on any atom is -0.480 e. The maximum absolute atomic E-state index is 13.2. The lowest BCUT2D eigenvalue weighted by Crippen LogP contribution is -2.67. The number of nitrogens with zero attached hydrogens (tertiary/aromatic N) is 4. The van der Waals surface area contributed by atoms with Crippen molar-refractivity contribution in [2.24, 2.45) is 0 Å². The van der Waals surface area contributed by atoms with Crippen molar-refractivity contribution in [1.82, 2.24) is 24.5 Å². The van der Waals surface area contributed by atoms with Crippen LogP contribution in [0, 0.1) is 0 Å². The average molecular weight is 595 g/mol. The van der Waals surface area contributed by atoms with Crippen LogP contribution in [-0.2, 0) is 4.43 Å². The monoisotopic (exact) mass is 594 g/mol. The van der Waals surface area contributed by atoms with Crippen LogP contribution >= 0.6 is 0 Å². The van der Waals surface area contributed by atoms with Gasteiger partial charge in [0.2, 0.25) is 11.8 Å². The SMILES string of the molecule is COc1ncccc1Nc1ncc2[nH]c(=O)n(C3CCC(O[Si](c4ccccc4)(c4ccccc4)C(C)(C)C)CC3)c2n1. The van der Waals surface area contributed by atoms with Gasteiger partial charge >= 0.3 is 5.69 Å². The fourth-order valence-corrected chi connectivity index (χ4v) is 11.2. The number of aromatic nitrogens is 5. The number of aromatic amines is 1. The third kappa shape index (κ3) is 5.48. The van der Waals surface area contributed by atoms with Gasteiger partial charge in [-0.3, -0.25) is 4.57 Å². The van der Waals surface area contributed by atoms with E-state index in [-0.39, 0.29) is 22.9 Å². The fourth-order valence-electron chi connectivity index (χ4n) is 6.45. The molecular weight excluding hydrogens is 556 g/mol. The largest absolute Gasteiger partial charge is 0.480 e. The van der Waals surface area contributed by atoms with Crippen LogP contribution in [0.4, 0.5) is 11.6 Å². The zero-order valence-corrected chi connectivity index (χ0v) is 26.1. The van der Waals surface area contributed by atoms with Gasteiger partial charge in [-0.2, -0.15) is 4.98 Å². The molecule has 1 saturated carbocycles. The summed E-state index contributed by atoms with van der Waals surface area (Å²) in [6.07, 6.45) is 6.75. The molecule has 0 unspecified atom stereocenters. The lowest BCUT2D eigenvalue weighted by atomic mass is 9.93. The van der Waals surface area contributed by atoms with Gasteiger partial charge in [-0.25, -0.2) is 14.8 Å². The molecule has 10 heteroatoms. The topological polar surface area (TPSA) is 107 Å². The maximum Gasteiger partial charge on any atom is 0.327 e. The number of rotatable bonds is 8. The van der Waals surface area contributed by atoms with Crippen LogP contribution in [-0.4, -0.2) is 46.0 Å². The highest BCUT2D eigenvalue weighted by molar-refractivity contribution is 6.99. The third-order valence-electron chi connectivity index (χ3n) is 8.44. The van der Waals surface area contributed by atoms with Gasteiger partial charge in [0.05, 0.1) is 13.3 Å². The lowest BCUT2D eigenvalue weighted by Gasteiger charge is -2.46. The van der Waals surface area contributed by atoms with Gasteiger partial charge < -0.3 is 19.5 Å². The van der Waals surface area contributed by atoms with Gasteiger partial charge in [0, 0.05) is 18.3 Å². The molecule has 1 fully saturated rings. The number of ether oxygens (including phenoxy) is 1. The molecule has 5 aromatic rings. The van der Waals surface area contributed by atoms with Crippen molar-refractivity contribution in [1.29, 1.82) is 0 Å². The molecule has 222 valence electrons. The second kappa shape index (κ2) is 11.8. The molecule has 1 aliphatic carbocycles. The van der Waals surface area contributed by atoms with Crippen LogP contribution in [0.3, 0.4) is 0 Å². The molecule has 0 amide bonds.